The van der Waals surface area contributed by atoms with Gasteiger partial charge in [-0.25, -0.2) is 0 Å². The molecule has 0 radical (unpaired) electrons. The molecule has 2 unspecified atom stereocenters. The molecule has 0 aliphatic carbocycles. The van der Waals surface area contributed by atoms with E-state index in [-0.39, 0.29) is 6.04 Å². The minimum Gasteiger partial charge on any atom is -0.323 e. The summed E-state index contributed by atoms with van der Waals surface area (Å²) < 4.78 is 0. The van der Waals surface area contributed by atoms with Gasteiger partial charge >= 0.3 is 0 Å². The molecule has 3 rings (SSSR count). The SMILES string of the molecule is NC(c1cccc2ncccc12)C1CSCCS1. The highest BCUT2D eigenvalue weighted by Gasteiger charge is 2.24. The van der Waals surface area contributed by atoms with Crippen LogP contribution in [0.2, 0.25) is 0 Å². The largest absolute Gasteiger partial charge is 0.323 e. The van der Waals surface area contributed by atoms with Crippen molar-refractivity contribution in [3.63, 3.8) is 0 Å². The first-order valence-electron chi connectivity index (χ1n) is 6.15. The average Bonchev–Trinajstić information content (AvgIpc) is 2.47. The average molecular weight is 276 g/mol. The van der Waals surface area contributed by atoms with E-state index in [0.29, 0.717) is 5.25 Å². The Labute approximate surface area is 116 Å². The lowest BCUT2D eigenvalue weighted by Gasteiger charge is -2.27. The molecule has 1 aromatic heterocycles. The maximum atomic E-state index is 6.47. The van der Waals surface area contributed by atoms with E-state index in [1.54, 1.807) is 0 Å². The number of fused-ring (bicyclic) bond motifs is 1. The Balaban J connectivity index is 1.97. The third-order valence-electron chi connectivity index (χ3n) is 3.28. The zero-order chi connectivity index (χ0) is 12.4. The molecule has 2 N–H and O–H groups in total. The molecule has 2 nitrogen and oxygen atoms in total. The van der Waals surface area contributed by atoms with Crippen molar-refractivity contribution in [2.24, 2.45) is 5.73 Å². The zero-order valence-electron chi connectivity index (χ0n) is 10.1. The van der Waals surface area contributed by atoms with E-state index in [2.05, 4.69) is 23.2 Å². The summed E-state index contributed by atoms with van der Waals surface area (Å²) >= 11 is 4.02. The molecule has 0 amide bonds. The van der Waals surface area contributed by atoms with Crippen molar-refractivity contribution in [1.82, 2.24) is 4.98 Å². The number of hydrogen-bond donors (Lipinski definition) is 1. The maximum Gasteiger partial charge on any atom is 0.0705 e. The Morgan fingerprint density at radius 2 is 2.17 bits per heavy atom. The highest BCUT2D eigenvalue weighted by atomic mass is 32.2. The number of nitrogens with two attached hydrogens (primary N) is 1. The molecule has 1 aliphatic rings. The van der Waals surface area contributed by atoms with Crippen LogP contribution in [0.1, 0.15) is 11.6 Å². The second kappa shape index (κ2) is 5.51. The molecule has 2 heterocycles. The Hall–Kier alpha value is -0.710. The number of benzene rings is 1. The van der Waals surface area contributed by atoms with E-state index < -0.39 is 0 Å². The molecule has 18 heavy (non-hydrogen) atoms. The molecular weight excluding hydrogens is 260 g/mol. The van der Waals surface area contributed by atoms with Gasteiger partial charge < -0.3 is 5.73 Å². The third-order valence-corrected chi connectivity index (χ3v) is 6.17. The van der Waals surface area contributed by atoms with Crippen molar-refractivity contribution in [2.75, 3.05) is 17.3 Å². The van der Waals surface area contributed by atoms with Gasteiger partial charge in [-0.1, -0.05) is 18.2 Å². The fourth-order valence-electron chi connectivity index (χ4n) is 2.33. The number of rotatable bonds is 2. The van der Waals surface area contributed by atoms with Gasteiger partial charge in [0.25, 0.3) is 0 Å². The Morgan fingerprint density at radius 3 is 3.00 bits per heavy atom. The second-order valence-electron chi connectivity index (χ2n) is 4.43. The van der Waals surface area contributed by atoms with Crippen molar-refractivity contribution in [2.45, 2.75) is 11.3 Å². The lowest BCUT2D eigenvalue weighted by Crippen LogP contribution is -2.28. The molecule has 0 bridgehead atoms. The summed E-state index contributed by atoms with van der Waals surface area (Å²) in [5.41, 5.74) is 8.75. The topological polar surface area (TPSA) is 38.9 Å². The Morgan fingerprint density at radius 1 is 1.22 bits per heavy atom. The van der Waals surface area contributed by atoms with Gasteiger partial charge in [0.2, 0.25) is 0 Å². The molecule has 1 fully saturated rings. The monoisotopic (exact) mass is 276 g/mol. The van der Waals surface area contributed by atoms with E-state index in [1.165, 1.54) is 22.5 Å². The molecule has 1 aliphatic heterocycles. The van der Waals surface area contributed by atoms with Crippen molar-refractivity contribution in [3.05, 3.63) is 42.1 Å². The first-order valence-corrected chi connectivity index (χ1v) is 8.35. The number of nitrogens with zero attached hydrogens (tertiary/aromatic N) is 1. The lowest BCUT2D eigenvalue weighted by molar-refractivity contribution is 0.725. The van der Waals surface area contributed by atoms with Crippen LogP contribution in [0.3, 0.4) is 0 Å². The zero-order valence-corrected chi connectivity index (χ0v) is 11.7. The summed E-state index contributed by atoms with van der Waals surface area (Å²) in [5, 5.41) is 1.72. The Kier molecular flexibility index (Phi) is 3.77. The van der Waals surface area contributed by atoms with Gasteiger partial charge in [0.15, 0.2) is 0 Å². The standard InChI is InChI=1S/C14H16N2S2/c15-14(13-9-17-7-8-18-13)11-3-1-5-12-10(11)4-2-6-16-12/h1-6,13-14H,7-9,15H2. The minimum atomic E-state index is 0.107. The van der Waals surface area contributed by atoms with Crippen molar-refractivity contribution in [3.8, 4) is 0 Å². The summed E-state index contributed by atoms with van der Waals surface area (Å²) in [7, 11) is 0. The molecule has 94 valence electrons. The first-order chi connectivity index (χ1) is 8.86. The van der Waals surface area contributed by atoms with E-state index >= 15 is 0 Å². The van der Waals surface area contributed by atoms with Crippen LogP contribution in [0.15, 0.2) is 36.5 Å². The van der Waals surface area contributed by atoms with Crippen molar-refractivity contribution in [1.29, 1.82) is 0 Å². The van der Waals surface area contributed by atoms with Crippen LogP contribution < -0.4 is 5.73 Å². The number of hydrogen-bond acceptors (Lipinski definition) is 4. The summed E-state index contributed by atoms with van der Waals surface area (Å²) in [4.78, 5) is 4.40. The molecule has 0 spiro atoms. The van der Waals surface area contributed by atoms with Crippen LogP contribution in [0.4, 0.5) is 0 Å². The second-order valence-corrected chi connectivity index (χ2v) is 6.92. The number of pyridine rings is 1. The van der Waals surface area contributed by atoms with Gasteiger partial charge in [-0.05, 0) is 17.7 Å². The first kappa shape index (κ1) is 12.3. The number of aromatic nitrogens is 1. The van der Waals surface area contributed by atoms with Crippen LogP contribution in [-0.4, -0.2) is 27.5 Å². The smallest absolute Gasteiger partial charge is 0.0705 e. The van der Waals surface area contributed by atoms with E-state index in [9.17, 15) is 0 Å². The highest BCUT2D eigenvalue weighted by molar-refractivity contribution is 8.06. The minimum absolute atomic E-state index is 0.107. The van der Waals surface area contributed by atoms with Gasteiger partial charge in [0, 0.05) is 40.1 Å². The number of thioether (sulfide) groups is 2. The predicted molar refractivity (Wildman–Crippen MR) is 82.2 cm³/mol. The van der Waals surface area contributed by atoms with Crippen molar-refractivity contribution < 1.29 is 0 Å². The third kappa shape index (κ3) is 2.37. The van der Waals surface area contributed by atoms with Crippen LogP contribution in [0.5, 0.6) is 0 Å². The fourth-order valence-corrected chi connectivity index (χ4v) is 5.12. The molecule has 2 atom stereocenters. The van der Waals surface area contributed by atoms with Crippen LogP contribution >= 0.6 is 23.5 Å². The molecule has 4 heteroatoms. The lowest BCUT2D eigenvalue weighted by atomic mass is 10.00. The molecule has 1 saturated heterocycles. The summed E-state index contributed by atoms with van der Waals surface area (Å²) in [6.07, 6.45) is 1.84. The van der Waals surface area contributed by atoms with Gasteiger partial charge in [0.1, 0.15) is 0 Å². The predicted octanol–water partition coefficient (Wildman–Crippen LogP) is 3.08. The summed E-state index contributed by atoms with van der Waals surface area (Å²) in [6.45, 7) is 0. The van der Waals surface area contributed by atoms with Gasteiger partial charge in [-0.15, -0.1) is 0 Å². The van der Waals surface area contributed by atoms with Crippen molar-refractivity contribution >= 4 is 34.4 Å². The van der Waals surface area contributed by atoms with Gasteiger partial charge in [0.05, 0.1) is 5.52 Å². The molecule has 1 aromatic carbocycles. The van der Waals surface area contributed by atoms with E-state index in [0.717, 1.165) is 11.3 Å². The van der Waals surface area contributed by atoms with Gasteiger partial charge in [-0.2, -0.15) is 23.5 Å². The highest BCUT2D eigenvalue weighted by Crippen LogP contribution is 2.34. The summed E-state index contributed by atoms with van der Waals surface area (Å²) in [5.74, 6) is 3.62. The van der Waals surface area contributed by atoms with E-state index in [4.69, 9.17) is 5.73 Å². The quantitative estimate of drug-likeness (QED) is 0.915. The van der Waals surface area contributed by atoms with Crippen LogP contribution in [0.25, 0.3) is 10.9 Å². The van der Waals surface area contributed by atoms with Gasteiger partial charge in [-0.3, -0.25) is 4.98 Å². The maximum absolute atomic E-state index is 6.47. The normalized spacial score (nSPS) is 21.9. The molecule has 0 saturated carbocycles. The molecule has 2 aromatic rings. The summed E-state index contributed by atoms with van der Waals surface area (Å²) in [6, 6.07) is 10.5. The molecular formula is C14H16N2S2. The van der Waals surface area contributed by atoms with Crippen LogP contribution in [-0.2, 0) is 0 Å². The fraction of sp³-hybridized carbons (Fsp3) is 0.357. The Bertz CT molecular complexity index is 533. The van der Waals surface area contributed by atoms with Crippen LogP contribution in [0, 0.1) is 0 Å². The van der Waals surface area contributed by atoms with E-state index in [1.807, 2.05) is 41.9 Å².